The fraction of sp³-hybridized carbons (Fsp3) is 0.471. The van der Waals surface area contributed by atoms with Gasteiger partial charge in [0.05, 0.1) is 0 Å². The Labute approximate surface area is 139 Å². The standard InChI is InChI=1S/C17H19N3O4/c1-2-15(21)20-7-5-11(6-8-20)17-18-16(19-24-17)12-3-4-13-14(9-12)23-10-22-13/h3-4,9,11H,2,5-8,10H2,1H3. The highest BCUT2D eigenvalue weighted by molar-refractivity contribution is 5.75. The molecule has 3 heterocycles. The summed E-state index contributed by atoms with van der Waals surface area (Å²) in [5.74, 6) is 3.04. The molecule has 4 rings (SSSR count). The van der Waals surface area contributed by atoms with Crippen molar-refractivity contribution in [3.8, 4) is 22.9 Å². The maximum absolute atomic E-state index is 11.7. The van der Waals surface area contributed by atoms with Crippen LogP contribution < -0.4 is 9.47 Å². The number of hydrogen-bond acceptors (Lipinski definition) is 6. The van der Waals surface area contributed by atoms with Gasteiger partial charge in [-0.15, -0.1) is 0 Å². The average molecular weight is 329 g/mol. The van der Waals surface area contributed by atoms with Crippen molar-refractivity contribution in [3.05, 3.63) is 24.1 Å². The number of aromatic nitrogens is 2. The summed E-state index contributed by atoms with van der Waals surface area (Å²) in [6.07, 6.45) is 2.27. The van der Waals surface area contributed by atoms with Crippen LogP contribution in [0, 0.1) is 0 Å². The molecular formula is C17H19N3O4. The first-order chi connectivity index (χ1) is 11.7. The highest BCUT2D eigenvalue weighted by Crippen LogP contribution is 2.36. The third-order valence-electron chi connectivity index (χ3n) is 4.57. The highest BCUT2D eigenvalue weighted by atomic mass is 16.7. The Morgan fingerprint density at radius 3 is 2.83 bits per heavy atom. The van der Waals surface area contributed by atoms with E-state index in [1.165, 1.54) is 0 Å². The minimum atomic E-state index is 0.208. The fourth-order valence-electron chi connectivity index (χ4n) is 3.15. The van der Waals surface area contributed by atoms with Gasteiger partial charge in [0, 0.05) is 31.0 Å². The molecule has 2 aliphatic rings. The zero-order valence-corrected chi connectivity index (χ0v) is 13.5. The Bertz CT molecular complexity index is 750. The van der Waals surface area contributed by atoms with Crippen LogP contribution in [0.3, 0.4) is 0 Å². The van der Waals surface area contributed by atoms with Crippen molar-refractivity contribution in [1.29, 1.82) is 0 Å². The Balaban J connectivity index is 1.47. The van der Waals surface area contributed by atoms with Crippen molar-refractivity contribution >= 4 is 5.91 Å². The predicted octanol–water partition coefficient (Wildman–Crippen LogP) is 2.58. The molecule has 0 N–H and O–H groups in total. The summed E-state index contributed by atoms with van der Waals surface area (Å²) < 4.78 is 16.2. The summed E-state index contributed by atoms with van der Waals surface area (Å²) in [4.78, 5) is 18.2. The summed E-state index contributed by atoms with van der Waals surface area (Å²) in [5.41, 5.74) is 0.841. The molecule has 1 saturated heterocycles. The number of carbonyl (C=O) groups is 1. The van der Waals surface area contributed by atoms with Gasteiger partial charge in [0.15, 0.2) is 11.5 Å². The van der Waals surface area contributed by atoms with Gasteiger partial charge >= 0.3 is 0 Å². The number of ether oxygens (including phenoxy) is 2. The molecule has 1 aromatic heterocycles. The lowest BCUT2D eigenvalue weighted by atomic mass is 9.96. The van der Waals surface area contributed by atoms with E-state index < -0.39 is 0 Å². The minimum absolute atomic E-state index is 0.208. The van der Waals surface area contributed by atoms with Crippen LogP contribution in [0.15, 0.2) is 22.7 Å². The van der Waals surface area contributed by atoms with Crippen LogP contribution in [-0.2, 0) is 4.79 Å². The van der Waals surface area contributed by atoms with Crippen LogP contribution in [0.4, 0.5) is 0 Å². The van der Waals surface area contributed by atoms with Crippen molar-refractivity contribution in [2.75, 3.05) is 19.9 Å². The molecule has 1 amide bonds. The maximum atomic E-state index is 11.7. The largest absolute Gasteiger partial charge is 0.454 e. The minimum Gasteiger partial charge on any atom is -0.454 e. The van der Waals surface area contributed by atoms with Gasteiger partial charge in [-0.2, -0.15) is 4.98 Å². The second-order valence-electron chi connectivity index (χ2n) is 6.03. The van der Waals surface area contributed by atoms with Crippen molar-refractivity contribution in [2.45, 2.75) is 32.1 Å². The van der Waals surface area contributed by atoms with Gasteiger partial charge < -0.3 is 18.9 Å². The van der Waals surface area contributed by atoms with Crippen molar-refractivity contribution in [3.63, 3.8) is 0 Å². The Morgan fingerprint density at radius 2 is 2.04 bits per heavy atom. The summed E-state index contributed by atoms with van der Waals surface area (Å²) in [7, 11) is 0. The molecule has 0 spiro atoms. The quantitative estimate of drug-likeness (QED) is 0.861. The van der Waals surface area contributed by atoms with E-state index in [2.05, 4.69) is 10.1 Å². The topological polar surface area (TPSA) is 77.7 Å². The van der Waals surface area contributed by atoms with E-state index in [1.54, 1.807) is 0 Å². The molecule has 126 valence electrons. The lowest BCUT2D eigenvalue weighted by Crippen LogP contribution is -2.37. The molecule has 1 fully saturated rings. The molecule has 0 atom stereocenters. The van der Waals surface area contributed by atoms with E-state index >= 15 is 0 Å². The van der Waals surface area contributed by atoms with E-state index in [1.807, 2.05) is 30.0 Å². The number of nitrogens with zero attached hydrogens (tertiary/aromatic N) is 3. The third-order valence-corrected chi connectivity index (χ3v) is 4.57. The number of benzene rings is 1. The summed E-state index contributed by atoms with van der Waals surface area (Å²) in [6, 6.07) is 5.60. The van der Waals surface area contributed by atoms with Crippen LogP contribution >= 0.6 is 0 Å². The molecule has 0 unspecified atom stereocenters. The number of likely N-dealkylation sites (tertiary alicyclic amines) is 1. The lowest BCUT2D eigenvalue weighted by molar-refractivity contribution is -0.131. The molecule has 0 radical (unpaired) electrons. The van der Waals surface area contributed by atoms with Crippen molar-refractivity contribution in [2.24, 2.45) is 0 Å². The molecule has 2 aromatic rings. The van der Waals surface area contributed by atoms with Gasteiger partial charge in [0.25, 0.3) is 0 Å². The number of carbonyl (C=O) groups excluding carboxylic acids is 1. The van der Waals surface area contributed by atoms with Gasteiger partial charge in [0.2, 0.25) is 24.4 Å². The van der Waals surface area contributed by atoms with Gasteiger partial charge in [-0.3, -0.25) is 4.79 Å². The Morgan fingerprint density at radius 1 is 1.25 bits per heavy atom. The maximum Gasteiger partial charge on any atom is 0.231 e. The molecule has 0 bridgehead atoms. The average Bonchev–Trinajstić information content (AvgIpc) is 3.29. The van der Waals surface area contributed by atoms with Crippen LogP contribution in [0.2, 0.25) is 0 Å². The Kier molecular flexibility index (Phi) is 3.84. The molecule has 2 aliphatic heterocycles. The number of fused-ring (bicyclic) bond motifs is 1. The van der Waals surface area contributed by atoms with Gasteiger partial charge in [-0.25, -0.2) is 0 Å². The molecule has 7 nitrogen and oxygen atoms in total. The Hall–Kier alpha value is -2.57. The van der Waals surface area contributed by atoms with E-state index in [4.69, 9.17) is 14.0 Å². The first-order valence-electron chi connectivity index (χ1n) is 8.26. The molecule has 7 heteroatoms. The number of rotatable bonds is 3. The predicted molar refractivity (Wildman–Crippen MR) is 84.7 cm³/mol. The lowest BCUT2D eigenvalue weighted by Gasteiger charge is -2.30. The zero-order valence-electron chi connectivity index (χ0n) is 13.5. The third kappa shape index (κ3) is 2.70. The van der Waals surface area contributed by atoms with Crippen LogP contribution in [0.1, 0.15) is 38.0 Å². The van der Waals surface area contributed by atoms with E-state index in [9.17, 15) is 4.79 Å². The highest BCUT2D eigenvalue weighted by Gasteiger charge is 2.27. The second kappa shape index (κ2) is 6.14. The van der Waals surface area contributed by atoms with E-state index in [-0.39, 0.29) is 18.6 Å². The zero-order chi connectivity index (χ0) is 16.5. The van der Waals surface area contributed by atoms with Crippen molar-refractivity contribution < 1.29 is 18.8 Å². The monoisotopic (exact) mass is 329 g/mol. The first kappa shape index (κ1) is 15.0. The fourth-order valence-corrected chi connectivity index (χ4v) is 3.15. The van der Waals surface area contributed by atoms with Crippen LogP contribution in [-0.4, -0.2) is 40.8 Å². The molecule has 24 heavy (non-hydrogen) atoms. The van der Waals surface area contributed by atoms with Gasteiger partial charge in [-0.05, 0) is 31.0 Å². The van der Waals surface area contributed by atoms with Gasteiger partial charge in [0.1, 0.15) is 0 Å². The molecule has 1 aromatic carbocycles. The summed E-state index contributed by atoms with van der Waals surface area (Å²) in [6.45, 7) is 3.63. The van der Waals surface area contributed by atoms with Crippen LogP contribution in [0.25, 0.3) is 11.4 Å². The smallest absolute Gasteiger partial charge is 0.231 e. The van der Waals surface area contributed by atoms with Gasteiger partial charge in [-0.1, -0.05) is 12.1 Å². The molecule has 0 aliphatic carbocycles. The number of hydrogen-bond donors (Lipinski definition) is 0. The van der Waals surface area contributed by atoms with Crippen molar-refractivity contribution in [1.82, 2.24) is 15.0 Å². The first-order valence-corrected chi connectivity index (χ1v) is 8.26. The van der Waals surface area contributed by atoms with Crippen LogP contribution in [0.5, 0.6) is 11.5 Å². The number of amides is 1. The SMILES string of the molecule is CCC(=O)N1CCC(c2nc(-c3ccc4c(c3)OCO4)no2)CC1. The summed E-state index contributed by atoms with van der Waals surface area (Å²) in [5, 5.41) is 4.09. The molecular weight excluding hydrogens is 310 g/mol. The second-order valence-corrected chi connectivity index (χ2v) is 6.03. The number of piperidine rings is 1. The van der Waals surface area contributed by atoms with E-state index in [0.717, 1.165) is 37.2 Å². The normalized spacial score (nSPS) is 17.3. The molecule has 0 saturated carbocycles. The summed E-state index contributed by atoms with van der Waals surface area (Å²) >= 11 is 0. The van der Waals surface area contributed by atoms with E-state index in [0.29, 0.717) is 23.9 Å².